The van der Waals surface area contributed by atoms with Gasteiger partial charge in [0.15, 0.2) is 22.4 Å². The monoisotopic (exact) mass is 556 g/mol. The van der Waals surface area contributed by atoms with Crippen LogP contribution in [-0.2, 0) is 4.79 Å². The third-order valence-electron chi connectivity index (χ3n) is 7.14. The third kappa shape index (κ3) is 3.98. The van der Waals surface area contributed by atoms with Gasteiger partial charge in [0.25, 0.3) is 0 Å². The van der Waals surface area contributed by atoms with Crippen molar-refractivity contribution in [2.24, 2.45) is 10.9 Å². The predicted molar refractivity (Wildman–Crippen MR) is 148 cm³/mol. The number of aromatic nitrogens is 5. The topological polar surface area (TPSA) is 121 Å². The highest BCUT2D eigenvalue weighted by Gasteiger charge is 2.41. The molecule has 12 heteroatoms. The number of imidazole rings is 1. The second-order valence-corrected chi connectivity index (χ2v) is 11.1. The van der Waals surface area contributed by atoms with Crippen molar-refractivity contribution in [3.05, 3.63) is 77.0 Å². The van der Waals surface area contributed by atoms with Crippen molar-refractivity contribution < 1.29 is 13.6 Å². The van der Waals surface area contributed by atoms with E-state index in [0.29, 0.717) is 46.1 Å². The molecule has 0 spiro atoms. The zero-order chi connectivity index (χ0) is 27.5. The Balaban J connectivity index is 1.34. The lowest BCUT2D eigenvalue weighted by molar-refractivity contribution is -0.118. The SMILES string of the molecule is CC(C)C(=O)Nc1cncc(-c2ncc3c(c2F)C(c2nc4nccc(-c5ccc(F)s5)c4[nH]2)=NC2NCC32)c1. The first kappa shape index (κ1) is 24.6. The number of aromatic amines is 1. The molecule has 7 heterocycles. The maximum absolute atomic E-state index is 16.4. The van der Waals surface area contributed by atoms with Crippen molar-refractivity contribution in [2.75, 3.05) is 11.9 Å². The van der Waals surface area contributed by atoms with Crippen LogP contribution >= 0.6 is 11.3 Å². The third-order valence-corrected chi connectivity index (χ3v) is 8.05. The molecule has 0 saturated carbocycles. The summed E-state index contributed by atoms with van der Waals surface area (Å²) in [6.07, 6.45) is 6.09. The molecule has 2 aliphatic rings. The van der Waals surface area contributed by atoms with Crippen LogP contribution in [0, 0.1) is 16.9 Å². The summed E-state index contributed by atoms with van der Waals surface area (Å²) in [6.45, 7) is 4.23. The van der Waals surface area contributed by atoms with Gasteiger partial charge in [-0.25, -0.2) is 14.4 Å². The molecule has 1 saturated heterocycles. The summed E-state index contributed by atoms with van der Waals surface area (Å²) in [6, 6.07) is 6.55. The number of halogens is 2. The minimum atomic E-state index is -0.551. The van der Waals surface area contributed by atoms with Crippen molar-refractivity contribution >= 4 is 39.8 Å². The lowest BCUT2D eigenvalue weighted by Crippen LogP contribution is -2.52. The number of thiophene rings is 1. The standard InChI is InChI=1S/C28H22F2N8OS/c1-12(2)28(39)35-14-7-13(8-31-9-14)22-21(30)20-16(10-33-22)17-11-34-25(17)37-24(20)27-36-23-15(5-6-32-26(23)38-27)18-3-4-19(29)40-18/h3-10,12,17,25,34H,11H2,1-2H3,(H,35,39)(H,32,36,38). The van der Waals surface area contributed by atoms with E-state index >= 15 is 4.39 Å². The van der Waals surface area contributed by atoms with Gasteiger partial charge in [-0.15, -0.1) is 11.3 Å². The summed E-state index contributed by atoms with van der Waals surface area (Å²) in [5.74, 6) is -0.601. The molecule has 40 heavy (non-hydrogen) atoms. The van der Waals surface area contributed by atoms with Crippen LogP contribution in [0.4, 0.5) is 14.5 Å². The van der Waals surface area contributed by atoms with E-state index in [0.717, 1.165) is 27.3 Å². The Labute approximate surface area is 230 Å². The van der Waals surface area contributed by atoms with E-state index in [-0.39, 0.29) is 34.7 Å². The highest BCUT2D eigenvalue weighted by molar-refractivity contribution is 7.14. The Morgan fingerprint density at radius 1 is 1.15 bits per heavy atom. The Kier molecular flexibility index (Phi) is 5.75. The fourth-order valence-corrected chi connectivity index (χ4v) is 5.74. The van der Waals surface area contributed by atoms with Crippen LogP contribution in [0.25, 0.3) is 32.9 Å². The summed E-state index contributed by atoms with van der Waals surface area (Å²) in [7, 11) is 0. The molecule has 1 fully saturated rings. The number of pyridine rings is 3. The number of hydrogen-bond donors (Lipinski definition) is 3. The van der Waals surface area contributed by atoms with Gasteiger partial charge in [0.1, 0.15) is 17.6 Å². The Morgan fingerprint density at radius 2 is 2.02 bits per heavy atom. The van der Waals surface area contributed by atoms with E-state index in [2.05, 4.69) is 35.6 Å². The second-order valence-electron chi connectivity index (χ2n) is 10.0. The van der Waals surface area contributed by atoms with E-state index in [4.69, 9.17) is 4.99 Å². The number of H-pyrrole nitrogens is 1. The Hall–Kier alpha value is -4.42. The highest BCUT2D eigenvalue weighted by Crippen LogP contribution is 2.39. The van der Waals surface area contributed by atoms with Crippen LogP contribution in [-0.4, -0.2) is 49.2 Å². The number of carbonyl (C=O) groups is 1. The fraction of sp³-hybridized carbons (Fsp3) is 0.214. The van der Waals surface area contributed by atoms with E-state index in [1.807, 2.05) is 0 Å². The molecule has 0 aromatic carbocycles. The molecule has 200 valence electrons. The minimum Gasteiger partial charge on any atom is -0.335 e. The van der Waals surface area contributed by atoms with Gasteiger partial charge >= 0.3 is 0 Å². The molecule has 2 aliphatic heterocycles. The molecule has 0 bridgehead atoms. The summed E-state index contributed by atoms with van der Waals surface area (Å²) in [4.78, 5) is 38.7. The molecule has 5 aromatic heterocycles. The van der Waals surface area contributed by atoms with Crippen LogP contribution in [0.1, 0.15) is 36.7 Å². The molecule has 1 amide bonds. The van der Waals surface area contributed by atoms with E-state index < -0.39 is 5.82 Å². The molecule has 3 N–H and O–H groups in total. The second kappa shape index (κ2) is 9.35. The molecular weight excluding hydrogens is 534 g/mol. The Morgan fingerprint density at radius 3 is 2.77 bits per heavy atom. The van der Waals surface area contributed by atoms with Crippen molar-refractivity contribution in [2.45, 2.75) is 25.9 Å². The molecule has 2 atom stereocenters. The number of rotatable bonds is 5. The van der Waals surface area contributed by atoms with Gasteiger partial charge in [-0.2, -0.15) is 4.39 Å². The number of nitrogens with one attached hydrogen (secondary N) is 3. The molecule has 2 unspecified atom stereocenters. The number of aliphatic imine (C=N–C) groups is 1. The lowest BCUT2D eigenvalue weighted by atomic mass is 9.82. The van der Waals surface area contributed by atoms with Gasteiger partial charge in [-0.1, -0.05) is 13.8 Å². The first-order valence-electron chi connectivity index (χ1n) is 12.7. The highest BCUT2D eigenvalue weighted by atomic mass is 32.1. The molecular formula is C28H22F2N8OS. The first-order valence-corrected chi connectivity index (χ1v) is 13.6. The number of hydrogen-bond acceptors (Lipinski definition) is 8. The predicted octanol–water partition coefficient (Wildman–Crippen LogP) is 4.88. The van der Waals surface area contributed by atoms with Crippen LogP contribution in [0.3, 0.4) is 0 Å². The maximum Gasteiger partial charge on any atom is 0.226 e. The van der Waals surface area contributed by atoms with E-state index in [9.17, 15) is 9.18 Å². The number of carbonyl (C=O) groups excluding carboxylic acids is 1. The minimum absolute atomic E-state index is 0.0169. The van der Waals surface area contributed by atoms with Crippen LogP contribution < -0.4 is 10.6 Å². The van der Waals surface area contributed by atoms with E-state index in [1.54, 1.807) is 44.4 Å². The lowest BCUT2D eigenvalue weighted by Gasteiger charge is -2.40. The smallest absolute Gasteiger partial charge is 0.226 e. The molecule has 5 aromatic rings. The zero-order valence-corrected chi connectivity index (χ0v) is 22.2. The molecule has 0 radical (unpaired) electrons. The zero-order valence-electron chi connectivity index (χ0n) is 21.4. The van der Waals surface area contributed by atoms with E-state index in [1.165, 1.54) is 18.5 Å². The van der Waals surface area contributed by atoms with Crippen molar-refractivity contribution in [1.82, 2.24) is 30.2 Å². The van der Waals surface area contributed by atoms with Crippen LogP contribution in [0.15, 0.2) is 54.0 Å². The molecule has 7 rings (SSSR count). The Bertz CT molecular complexity index is 1850. The average molecular weight is 557 g/mol. The van der Waals surface area contributed by atoms with Crippen LogP contribution in [0.5, 0.6) is 0 Å². The fourth-order valence-electron chi connectivity index (χ4n) is 4.98. The number of nitrogens with zero attached hydrogens (tertiary/aromatic N) is 5. The van der Waals surface area contributed by atoms with Gasteiger partial charge in [-0.3, -0.25) is 25.1 Å². The quantitative estimate of drug-likeness (QED) is 0.284. The summed E-state index contributed by atoms with van der Waals surface area (Å²) >= 11 is 1.02. The molecule has 0 aliphatic carbocycles. The number of amides is 1. The van der Waals surface area contributed by atoms with Crippen molar-refractivity contribution in [3.63, 3.8) is 0 Å². The summed E-state index contributed by atoms with van der Waals surface area (Å²) < 4.78 is 30.2. The normalized spacial score (nSPS) is 17.8. The molecule has 9 nitrogen and oxygen atoms in total. The maximum atomic E-state index is 16.4. The largest absolute Gasteiger partial charge is 0.335 e. The van der Waals surface area contributed by atoms with Crippen molar-refractivity contribution in [3.8, 4) is 21.7 Å². The number of anilines is 1. The first-order chi connectivity index (χ1) is 19.4. The van der Waals surface area contributed by atoms with Gasteiger partial charge in [0.2, 0.25) is 5.91 Å². The average Bonchev–Trinajstić information content (AvgIpc) is 3.55. The van der Waals surface area contributed by atoms with Crippen LogP contribution in [0.2, 0.25) is 0 Å². The number of fused-ring (bicyclic) bond motifs is 4. The van der Waals surface area contributed by atoms with Gasteiger partial charge in [-0.05, 0) is 29.8 Å². The van der Waals surface area contributed by atoms with Gasteiger partial charge < -0.3 is 10.3 Å². The van der Waals surface area contributed by atoms with Gasteiger partial charge in [0, 0.05) is 58.5 Å². The van der Waals surface area contributed by atoms with Crippen molar-refractivity contribution in [1.29, 1.82) is 0 Å². The summed E-state index contributed by atoms with van der Waals surface area (Å²) in [5.41, 5.74) is 4.14. The van der Waals surface area contributed by atoms with Gasteiger partial charge in [0.05, 0.1) is 17.4 Å². The summed E-state index contributed by atoms with van der Waals surface area (Å²) in [5, 5.41) is 5.78.